The summed E-state index contributed by atoms with van der Waals surface area (Å²) in [6, 6.07) is 2.70. The van der Waals surface area contributed by atoms with Crippen molar-refractivity contribution in [3.63, 3.8) is 0 Å². The van der Waals surface area contributed by atoms with Gasteiger partial charge < -0.3 is 11.1 Å². The van der Waals surface area contributed by atoms with E-state index in [0.717, 1.165) is 23.1 Å². The van der Waals surface area contributed by atoms with E-state index in [0.29, 0.717) is 11.6 Å². The third-order valence-electron chi connectivity index (χ3n) is 3.60. The highest BCUT2D eigenvalue weighted by Gasteiger charge is 2.16. The monoisotopic (exact) mass is 275 g/mol. The van der Waals surface area contributed by atoms with Crippen LogP contribution in [0.2, 0.25) is 0 Å². The minimum Gasteiger partial charge on any atom is -0.366 e. The zero-order chi connectivity index (χ0) is 13.2. The molecule has 1 aliphatic heterocycles. The van der Waals surface area contributed by atoms with Gasteiger partial charge in [-0.3, -0.25) is 9.78 Å². The average molecular weight is 275 g/mol. The standard InChI is InChI=1S/C14H17N3OS/c15-14(18)12-8-16-7-9-5-11(19-13(9)12)6-10-3-1-2-4-17-10/h5,7-8,10,17H,1-4,6H2,(H2,15,18). The molecule has 1 fully saturated rings. The Labute approximate surface area is 116 Å². The molecule has 1 unspecified atom stereocenters. The van der Waals surface area contributed by atoms with Crippen LogP contribution in [0.5, 0.6) is 0 Å². The first-order valence-corrected chi connectivity index (χ1v) is 7.45. The molecule has 1 amide bonds. The van der Waals surface area contributed by atoms with Gasteiger partial charge in [-0.15, -0.1) is 11.3 Å². The Balaban J connectivity index is 1.88. The maximum Gasteiger partial charge on any atom is 0.251 e. The SMILES string of the molecule is NC(=O)c1cncc2cc(CC3CCCCN3)sc12. The smallest absolute Gasteiger partial charge is 0.251 e. The second-order valence-electron chi connectivity index (χ2n) is 5.03. The predicted octanol–water partition coefficient (Wildman–Crippen LogP) is 2.08. The molecular weight excluding hydrogens is 258 g/mol. The van der Waals surface area contributed by atoms with Crippen LogP contribution in [0, 0.1) is 0 Å². The summed E-state index contributed by atoms with van der Waals surface area (Å²) in [6.07, 6.45) is 8.20. The average Bonchev–Trinajstić information content (AvgIpc) is 2.81. The first kappa shape index (κ1) is 12.6. The zero-order valence-corrected chi connectivity index (χ0v) is 11.5. The van der Waals surface area contributed by atoms with Crippen molar-refractivity contribution in [3.05, 3.63) is 28.9 Å². The van der Waals surface area contributed by atoms with Crippen molar-refractivity contribution in [2.75, 3.05) is 6.54 Å². The molecule has 1 aliphatic rings. The quantitative estimate of drug-likeness (QED) is 0.901. The van der Waals surface area contributed by atoms with E-state index in [1.807, 2.05) is 0 Å². The number of amides is 1. The molecule has 3 rings (SSSR count). The third kappa shape index (κ3) is 2.62. The molecule has 3 heterocycles. The minimum atomic E-state index is -0.401. The highest BCUT2D eigenvalue weighted by Crippen LogP contribution is 2.29. The van der Waals surface area contributed by atoms with E-state index in [1.54, 1.807) is 23.7 Å². The van der Waals surface area contributed by atoms with Crippen molar-refractivity contribution in [1.82, 2.24) is 10.3 Å². The topological polar surface area (TPSA) is 68.0 Å². The summed E-state index contributed by atoms with van der Waals surface area (Å²) in [6.45, 7) is 1.11. The molecule has 0 spiro atoms. The van der Waals surface area contributed by atoms with Crippen LogP contribution in [0.25, 0.3) is 10.1 Å². The summed E-state index contributed by atoms with van der Waals surface area (Å²) in [5.41, 5.74) is 5.92. The summed E-state index contributed by atoms with van der Waals surface area (Å²) < 4.78 is 0.966. The lowest BCUT2D eigenvalue weighted by Crippen LogP contribution is -2.35. The number of nitrogens with zero attached hydrogens (tertiary/aromatic N) is 1. The Morgan fingerprint density at radius 3 is 3.11 bits per heavy atom. The second-order valence-corrected chi connectivity index (χ2v) is 6.17. The first-order chi connectivity index (χ1) is 9.24. The number of carbonyl (C=O) groups is 1. The molecule has 0 aliphatic carbocycles. The molecule has 2 aromatic rings. The largest absolute Gasteiger partial charge is 0.366 e. The number of piperidine rings is 1. The fourth-order valence-corrected chi connectivity index (χ4v) is 3.86. The van der Waals surface area contributed by atoms with Gasteiger partial charge in [0, 0.05) is 28.7 Å². The highest BCUT2D eigenvalue weighted by molar-refractivity contribution is 7.19. The maximum atomic E-state index is 11.4. The summed E-state index contributed by atoms with van der Waals surface area (Å²) in [5, 5.41) is 4.57. The lowest BCUT2D eigenvalue weighted by Gasteiger charge is -2.22. The van der Waals surface area contributed by atoms with Gasteiger partial charge >= 0.3 is 0 Å². The number of fused-ring (bicyclic) bond motifs is 1. The number of hydrogen-bond donors (Lipinski definition) is 2. The van der Waals surface area contributed by atoms with Gasteiger partial charge in [-0.05, 0) is 31.9 Å². The predicted molar refractivity (Wildman–Crippen MR) is 77.5 cm³/mol. The number of thiophene rings is 1. The van der Waals surface area contributed by atoms with Crippen LogP contribution < -0.4 is 11.1 Å². The van der Waals surface area contributed by atoms with E-state index in [9.17, 15) is 4.79 Å². The van der Waals surface area contributed by atoms with Crippen LogP contribution in [-0.4, -0.2) is 23.5 Å². The van der Waals surface area contributed by atoms with E-state index in [-0.39, 0.29) is 0 Å². The Hall–Kier alpha value is -1.46. The zero-order valence-electron chi connectivity index (χ0n) is 10.7. The lowest BCUT2D eigenvalue weighted by molar-refractivity contribution is 0.100. The lowest BCUT2D eigenvalue weighted by atomic mass is 10.0. The summed E-state index contributed by atoms with van der Waals surface area (Å²) in [7, 11) is 0. The number of rotatable bonds is 3. The number of nitrogens with two attached hydrogens (primary N) is 1. The third-order valence-corrected chi connectivity index (χ3v) is 4.81. The molecule has 5 heteroatoms. The molecule has 0 saturated carbocycles. The molecule has 3 N–H and O–H groups in total. The number of carbonyl (C=O) groups excluding carboxylic acids is 1. The fraction of sp³-hybridized carbons (Fsp3) is 0.429. The fourth-order valence-electron chi connectivity index (χ4n) is 2.63. The minimum absolute atomic E-state index is 0.401. The van der Waals surface area contributed by atoms with Gasteiger partial charge in [-0.1, -0.05) is 6.42 Å². The van der Waals surface area contributed by atoms with Crippen molar-refractivity contribution < 1.29 is 4.79 Å². The maximum absolute atomic E-state index is 11.4. The molecule has 4 nitrogen and oxygen atoms in total. The van der Waals surface area contributed by atoms with Gasteiger partial charge in [0.25, 0.3) is 5.91 Å². The van der Waals surface area contributed by atoms with Gasteiger partial charge in [-0.2, -0.15) is 0 Å². The van der Waals surface area contributed by atoms with Crippen molar-refractivity contribution in [3.8, 4) is 0 Å². The molecule has 2 aromatic heterocycles. The van der Waals surface area contributed by atoms with E-state index in [2.05, 4.69) is 16.4 Å². The van der Waals surface area contributed by atoms with E-state index < -0.39 is 5.91 Å². The van der Waals surface area contributed by atoms with Gasteiger partial charge in [0.2, 0.25) is 0 Å². The number of hydrogen-bond acceptors (Lipinski definition) is 4. The molecule has 0 bridgehead atoms. The van der Waals surface area contributed by atoms with Crippen molar-refractivity contribution in [2.24, 2.45) is 5.73 Å². The van der Waals surface area contributed by atoms with E-state index in [1.165, 1.54) is 24.1 Å². The molecule has 0 aromatic carbocycles. The number of nitrogens with one attached hydrogen (secondary N) is 1. The van der Waals surface area contributed by atoms with Gasteiger partial charge in [0.15, 0.2) is 0 Å². The molecule has 1 saturated heterocycles. The van der Waals surface area contributed by atoms with Crippen molar-refractivity contribution in [1.29, 1.82) is 0 Å². The normalized spacial score (nSPS) is 19.7. The van der Waals surface area contributed by atoms with Crippen LogP contribution in [0.1, 0.15) is 34.5 Å². The van der Waals surface area contributed by atoms with Crippen molar-refractivity contribution >= 4 is 27.3 Å². The van der Waals surface area contributed by atoms with E-state index >= 15 is 0 Å². The van der Waals surface area contributed by atoms with Crippen LogP contribution >= 0.6 is 11.3 Å². The van der Waals surface area contributed by atoms with Gasteiger partial charge in [-0.25, -0.2) is 0 Å². The number of aromatic nitrogens is 1. The summed E-state index contributed by atoms with van der Waals surface area (Å²) in [4.78, 5) is 16.8. The second kappa shape index (κ2) is 5.27. The number of pyridine rings is 1. The van der Waals surface area contributed by atoms with E-state index in [4.69, 9.17) is 5.73 Å². The van der Waals surface area contributed by atoms with Crippen LogP contribution in [0.15, 0.2) is 18.5 Å². The van der Waals surface area contributed by atoms with Gasteiger partial charge in [0.1, 0.15) is 0 Å². The molecule has 0 radical (unpaired) electrons. The summed E-state index contributed by atoms with van der Waals surface area (Å²) in [5.74, 6) is -0.401. The molecule has 1 atom stereocenters. The molecular formula is C14H17N3OS. The Kier molecular flexibility index (Phi) is 3.48. The van der Waals surface area contributed by atoms with Gasteiger partial charge in [0.05, 0.1) is 10.3 Å². The first-order valence-electron chi connectivity index (χ1n) is 6.63. The molecule has 19 heavy (non-hydrogen) atoms. The Morgan fingerprint density at radius 2 is 2.37 bits per heavy atom. The summed E-state index contributed by atoms with van der Waals surface area (Å²) >= 11 is 1.67. The Morgan fingerprint density at radius 1 is 1.47 bits per heavy atom. The molecule has 100 valence electrons. The highest BCUT2D eigenvalue weighted by atomic mass is 32.1. The van der Waals surface area contributed by atoms with Crippen molar-refractivity contribution in [2.45, 2.75) is 31.7 Å². The van der Waals surface area contributed by atoms with Crippen LogP contribution in [0.3, 0.4) is 0 Å². The van der Waals surface area contributed by atoms with Crippen LogP contribution in [0.4, 0.5) is 0 Å². The number of primary amides is 1. The Bertz CT molecular complexity index is 602. The van der Waals surface area contributed by atoms with Crippen LogP contribution in [-0.2, 0) is 6.42 Å².